The van der Waals surface area contributed by atoms with E-state index in [2.05, 4.69) is 15.0 Å². The van der Waals surface area contributed by atoms with Crippen molar-refractivity contribution < 1.29 is 0 Å². The summed E-state index contributed by atoms with van der Waals surface area (Å²) in [6.45, 7) is 0. The van der Waals surface area contributed by atoms with E-state index in [-0.39, 0.29) is 0 Å². The number of hydrogen-bond acceptors (Lipinski definition) is 5. The SMILES string of the molecule is CN(C)c1cc(C#N)nc(-c2cccnc2)n1. The summed E-state index contributed by atoms with van der Waals surface area (Å²) >= 11 is 0. The first-order chi connectivity index (χ1) is 8.20. The molecule has 0 saturated carbocycles. The smallest absolute Gasteiger partial charge is 0.164 e. The standard InChI is InChI=1S/C12H11N5/c1-17(2)11-6-10(7-13)15-12(16-11)9-4-3-5-14-8-9/h3-6,8H,1-2H3. The van der Waals surface area contributed by atoms with Crippen LogP contribution in [0.1, 0.15) is 5.69 Å². The summed E-state index contributed by atoms with van der Waals surface area (Å²) in [5.74, 6) is 1.22. The van der Waals surface area contributed by atoms with Gasteiger partial charge in [0.05, 0.1) is 0 Å². The Hall–Kier alpha value is -2.48. The second kappa shape index (κ2) is 4.58. The summed E-state index contributed by atoms with van der Waals surface area (Å²) in [7, 11) is 3.74. The first kappa shape index (κ1) is 11.0. The molecule has 5 nitrogen and oxygen atoms in total. The summed E-state index contributed by atoms with van der Waals surface area (Å²) in [5, 5.41) is 8.94. The summed E-state index contributed by atoms with van der Waals surface area (Å²) in [6, 6.07) is 7.36. The van der Waals surface area contributed by atoms with E-state index in [0.29, 0.717) is 17.3 Å². The van der Waals surface area contributed by atoms with E-state index < -0.39 is 0 Å². The molecule has 0 unspecified atom stereocenters. The van der Waals surface area contributed by atoms with Crippen LogP contribution in [0.3, 0.4) is 0 Å². The van der Waals surface area contributed by atoms with E-state index in [1.807, 2.05) is 37.2 Å². The van der Waals surface area contributed by atoms with Crippen LogP contribution in [0, 0.1) is 11.3 Å². The fourth-order valence-electron chi connectivity index (χ4n) is 1.34. The number of anilines is 1. The molecule has 0 fully saturated rings. The van der Waals surface area contributed by atoms with E-state index in [1.165, 1.54) is 0 Å². The van der Waals surface area contributed by atoms with Gasteiger partial charge in [-0.1, -0.05) is 0 Å². The van der Waals surface area contributed by atoms with Gasteiger partial charge in [0.25, 0.3) is 0 Å². The minimum Gasteiger partial charge on any atom is -0.363 e. The second-order valence-corrected chi connectivity index (χ2v) is 3.68. The molecular weight excluding hydrogens is 214 g/mol. The first-order valence-corrected chi connectivity index (χ1v) is 5.07. The molecule has 0 bridgehead atoms. The molecule has 5 heteroatoms. The highest BCUT2D eigenvalue weighted by Gasteiger charge is 2.07. The normalized spacial score (nSPS) is 9.71. The molecule has 2 aromatic heterocycles. The van der Waals surface area contributed by atoms with Gasteiger partial charge < -0.3 is 4.90 Å². The highest BCUT2D eigenvalue weighted by atomic mass is 15.1. The average molecular weight is 225 g/mol. The third-order valence-electron chi connectivity index (χ3n) is 2.21. The molecule has 0 atom stereocenters. The van der Waals surface area contributed by atoms with Gasteiger partial charge in [-0.3, -0.25) is 4.98 Å². The Balaban J connectivity index is 2.55. The van der Waals surface area contributed by atoms with Gasteiger partial charge >= 0.3 is 0 Å². The number of hydrogen-bond donors (Lipinski definition) is 0. The fourth-order valence-corrected chi connectivity index (χ4v) is 1.34. The van der Waals surface area contributed by atoms with Crippen LogP contribution in [0.25, 0.3) is 11.4 Å². The molecule has 0 spiro atoms. The van der Waals surface area contributed by atoms with E-state index in [0.717, 1.165) is 5.56 Å². The van der Waals surface area contributed by atoms with Crippen molar-refractivity contribution in [2.45, 2.75) is 0 Å². The molecule has 0 aliphatic heterocycles. The highest BCUT2D eigenvalue weighted by molar-refractivity contribution is 5.57. The van der Waals surface area contributed by atoms with Crippen molar-refractivity contribution in [2.24, 2.45) is 0 Å². The van der Waals surface area contributed by atoms with Gasteiger partial charge in [0.15, 0.2) is 5.82 Å². The van der Waals surface area contributed by atoms with Crippen molar-refractivity contribution in [2.75, 3.05) is 19.0 Å². The number of pyridine rings is 1. The largest absolute Gasteiger partial charge is 0.363 e. The Kier molecular flexibility index (Phi) is 2.97. The van der Waals surface area contributed by atoms with Crippen LogP contribution < -0.4 is 4.90 Å². The van der Waals surface area contributed by atoms with Crippen molar-refractivity contribution in [1.82, 2.24) is 15.0 Å². The lowest BCUT2D eigenvalue weighted by Crippen LogP contribution is -2.12. The van der Waals surface area contributed by atoms with Crippen LogP contribution in [0.2, 0.25) is 0 Å². The van der Waals surface area contributed by atoms with Gasteiger partial charge in [0.1, 0.15) is 17.6 Å². The van der Waals surface area contributed by atoms with Crippen molar-refractivity contribution in [3.8, 4) is 17.5 Å². The Bertz CT molecular complexity index is 557. The quantitative estimate of drug-likeness (QED) is 0.774. The summed E-state index contributed by atoms with van der Waals surface area (Å²) in [4.78, 5) is 14.4. The number of nitrogens with zero attached hydrogens (tertiary/aromatic N) is 5. The zero-order valence-corrected chi connectivity index (χ0v) is 9.62. The predicted octanol–water partition coefficient (Wildman–Crippen LogP) is 1.48. The predicted molar refractivity (Wildman–Crippen MR) is 64.3 cm³/mol. The van der Waals surface area contributed by atoms with Crippen LogP contribution in [0.4, 0.5) is 5.82 Å². The summed E-state index contributed by atoms with van der Waals surface area (Å²) in [5.41, 5.74) is 1.15. The molecule has 2 rings (SSSR count). The molecule has 0 N–H and O–H groups in total. The average Bonchev–Trinajstić information content (AvgIpc) is 2.39. The zero-order valence-electron chi connectivity index (χ0n) is 9.62. The summed E-state index contributed by atoms with van der Waals surface area (Å²) in [6.07, 6.45) is 3.36. The number of aromatic nitrogens is 3. The van der Waals surface area contributed by atoms with Gasteiger partial charge in [-0.15, -0.1) is 0 Å². The van der Waals surface area contributed by atoms with Gasteiger partial charge in [-0.2, -0.15) is 5.26 Å². The highest BCUT2D eigenvalue weighted by Crippen LogP contribution is 2.17. The van der Waals surface area contributed by atoms with E-state index in [4.69, 9.17) is 5.26 Å². The monoisotopic (exact) mass is 225 g/mol. The maximum absolute atomic E-state index is 8.94. The van der Waals surface area contributed by atoms with Crippen molar-refractivity contribution in [3.05, 3.63) is 36.3 Å². The molecule has 0 aliphatic rings. The van der Waals surface area contributed by atoms with Gasteiger partial charge in [0.2, 0.25) is 0 Å². The molecule has 2 aromatic rings. The summed E-state index contributed by atoms with van der Waals surface area (Å²) < 4.78 is 0. The molecule has 17 heavy (non-hydrogen) atoms. The zero-order chi connectivity index (χ0) is 12.3. The third kappa shape index (κ3) is 2.37. The van der Waals surface area contributed by atoms with Crippen LogP contribution in [0.5, 0.6) is 0 Å². The van der Waals surface area contributed by atoms with Crippen molar-refractivity contribution >= 4 is 5.82 Å². The third-order valence-corrected chi connectivity index (χ3v) is 2.21. The van der Waals surface area contributed by atoms with E-state index in [9.17, 15) is 0 Å². The van der Waals surface area contributed by atoms with Gasteiger partial charge in [-0.05, 0) is 12.1 Å². The molecular formula is C12H11N5. The first-order valence-electron chi connectivity index (χ1n) is 5.07. The molecule has 84 valence electrons. The lowest BCUT2D eigenvalue weighted by molar-refractivity contribution is 1.03. The minimum atomic E-state index is 0.350. The maximum Gasteiger partial charge on any atom is 0.164 e. The Labute approximate surface area is 99.4 Å². The van der Waals surface area contributed by atoms with Crippen molar-refractivity contribution in [3.63, 3.8) is 0 Å². The number of nitriles is 1. The molecule has 0 saturated heterocycles. The van der Waals surface area contributed by atoms with Gasteiger partial charge in [-0.25, -0.2) is 9.97 Å². The minimum absolute atomic E-state index is 0.350. The lowest BCUT2D eigenvalue weighted by atomic mass is 10.2. The molecule has 0 amide bonds. The van der Waals surface area contributed by atoms with E-state index >= 15 is 0 Å². The van der Waals surface area contributed by atoms with Crippen LogP contribution in [-0.4, -0.2) is 29.0 Å². The van der Waals surface area contributed by atoms with Crippen molar-refractivity contribution in [1.29, 1.82) is 5.26 Å². The van der Waals surface area contributed by atoms with E-state index in [1.54, 1.807) is 18.5 Å². The Morgan fingerprint density at radius 3 is 2.71 bits per heavy atom. The number of rotatable bonds is 2. The Morgan fingerprint density at radius 1 is 1.29 bits per heavy atom. The van der Waals surface area contributed by atoms with Crippen LogP contribution in [0.15, 0.2) is 30.6 Å². The molecule has 0 aromatic carbocycles. The molecule has 2 heterocycles. The maximum atomic E-state index is 8.94. The van der Waals surface area contributed by atoms with Gasteiger partial charge in [0, 0.05) is 38.1 Å². The molecule has 0 aliphatic carbocycles. The topological polar surface area (TPSA) is 65.7 Å². The van der Waals surface area contributed by atoms with Crippen LogP contribution >= 0.6 is 0 Å². The fraction of sp³-hybridized carbons (Fsp3) is 0.167. The second-order valence-electron chi connectivity index (χ2n) is 3.68. The molecule has 0 radical (unpaired) electrons. The lowest BCUT2D eigenvalue weighted by Gasteiger charge is -2.12. The Morgan fingerprint density at radius 2 is 2.12 bits per heavy atom. The van der Waals surface area contributed by atoms with Crippen LogP contribution in [-0.2, 0) is 0 Å².